The van der Waals surface area contributed by atoms with Crippen LogP contribution in [0.15, 0.2) is 36.4 Å². The molecule has 0 saturated heterocycles. The van der Waals surface area contributed by atoms with Crippen molar-refractivity contribution >= 4 is 12.0 Å². The Bertz CT molecular complexity index is 933. The van der Waals surface area contributed by atoms with E-state index in [2.05, 4.69) is 5.32 Å². The van der Waals surface area contributed by atoms with Crippen LogP contribution >= 0.6 is 0 Å². The van der Waals surface area contributed by atoms with Crippen molar-refractivity contribution in [2.24, 2.45) is 0 Å². The number of amides is 2. The van der Waals surface area contributed by atoms with Crippen molar-refractivity contribution in [3.63, 3.8) is 0 Å². The van der Waals surface area contributed by atoms with Crippen LogP contribution < -0.4 is 14.8 Å². The smallest absolute Gasteiger partial charge is 0.410 e. The SMILES string of the molecule is COC(=O)N1CCc2ccc(F)cc2[C@@H]1C(=O)NCc1ccc2c(c1)OCO2. The zero-order valence-electron chi connectivity index (χ0n) is 15.2. The van der Waals surface area contributed by atoms with E-state index in [0.717, 1.165) is 11.1 Å². The van der Waals surface area contributed by atoms with Gasteiger partial charge in [0.2, 0.25) is 12.7 Å². The Kier molecular flexibility index (Phi) is 4.77. The van der Waals surface area contributed by atoms with E-state index in [1.165, 1.54) is 24.1 Å². The third kappa shape index (κ3) is 3.33. The lowest BCUT2D eigenvalue weighted by molar-refractivity contribution is -0.126. The molecule has 0 bridgehead atoms. The van der Waals surface area contributed by atoms with Gasteiger partial charge >= 0.3 is 6.09 Å². The third-order valence-electron chi connectivity index (χ3n) is 4.90. The molecule has 0 radical (unpaired) electrons. The van der Waals surface area contributed by atoms with Gasteiger partial charge in [-0.1, -0.05) is 12.1 Å². The second kappa shape index (κ2) is 7.38. The minimum atomic E-state index is -0.957. The normalized spacial score (nSPS) is 17.1. The highest BCUT2D eigenvalue weighted by molar-refractivity contribution is 5.87. The number of carbonyl (C=O) groups is 2. The minimum absolute atomic E-state index is 0.170. The second-order valence-electron chi connectivity index (χ2n) is 6.56. The Hall–Kier alpha value is -3.29. The number of rotatable bonds is 3. The molecule has 1 N–H and O–H groups in total. The Morgan fingerprint density at radius 1 is 1.21 bits per heavy atom. The molecule has 2 aromatic rings. The fourth-order valence-electron chi connectivity index (χ4n) is 3.52. The quantitative estimate of drug-likeness (QED) is 0.877. The molecule has 2 amide bonds. The zero-order valence-corrected chi connectivity index (χ0v) is 15.2. The summed E-state index contributed by atoms with van der Waals surface area (Å²) in [5.74, 6) is 0.408. The summed E-state index contributed by atoms with van der Waals surface area (Å²) in [6.07, 6.45) is -0.102. The Labute approximate surface area is 161 Å². The summed E-state index contributed by atoms with van der Waals surface area (Å²) in [7, 11) is 1.25. The number of hydrogen-bond donors (Lipinski definition) is 1. The lowest BCUT2D eigenvalue weighted by Gasteiger charge is -2.35. The molecule has 0 saturated carbocycles. The molecule has 2 aliphatic rings. The number of nitrogens with zero attached hydrogens (tertiary/aromatic N) is 1. The van der Waals surface area contributed by atoms with Crippen LogP contribution in [0.2, 0.25) is 0 Å². The van der Waals surface area contributed by atoms with E-state index < -0.39 is 23.9 Å². The first-order chi connectivity index (χ1) is 13.6. The number of nitrogens with one attached hydrogen (secondary N) is 1. The van der Waals surface area contributed by atoms with E-state index >= 15 is 0 Å². The molecule has 0 unspecified atom stereocenters. The van der Waals surface area contributed by atoms with Gasteiger partial charge in [-0.15, -0.1) is 0 Å². The molecule has 0 aliphatic carbocycles. The van der Waals surface area contributed by atoms with Crippen molar-refractivity contribution in [3.05, 3.63) is 58.9 Å². The summed E-state index contributed by atoms with van der Waals surface area (Å²) in [5, 5.41) is 2.82. The predicted molar refractivity (Wildman–Crippen MR) is 96.4 cm³/mol. The standard InChI is InChI=1S/C20H19FN2O5/c1-26-20(25)23-7-6-13-3-4-14(21)9-15(13)18(23)19(24)22-10-12-2-5-16-17(8-12)28-11-27-16/h2-5,8-9,18H,6-7,10-11H2,1H3,(H,22,24)/t18-/m1/s1. The molecular formula is C20H19FN2O5. The first kappa shape index (κ1) is 18.1. The van der Waals surface area contributed by atoms with E-state index in [1.807, 2.05) is 6.07 Å². The fraction of sp³-hybridized carbons (Fsp3) is 0.300. The average molecular weight is 386 g/mol. The molecule has 2 aliphatic heterocycles. The van der Waals surface area contributed by atoms with Gasteiger partial charge in [0.1, 0.15) is 11.9 Å². The summed E-state index contributed by atoms with van der Waals surface area (Å²) >= 11 is 0. The number of carbonyl (C=O) groups excluding carboxylic acids is 2. The highest BCUT2D eigenvalue weighted by Gasteiger charge is 2.36. The molecule has 8 heteroatoms. The number of hydrogen-bond acceptors (Lipinski definition) is 5. The fourth-order valence-corrected chi connectivity index (χ4v) is 3.52. The van der Waals surface area contributed by atoms with Crippen LogP contribution in [-0.2, 0) is 22.5 Å². The summed E-state index contributed by atoms with van der Waals surface area (Å²) in [6.45, 7) is 0.711. The molecule has 0 fully saturated rings. The Balaban J connectivity index is 1.56. The van der Waals surface area contributed by atoms with Crippen molar-refractivity contribution in [1.29, 1.82) is 0 Å². The molecule has 146 valence electrons. The molecule has 0 spiro atoms. The number of fused-ring (bicyclic) bond motifs is 2. The average Bonchev–Trinajstić information content (AvgIpc) is 3.18. The Morgan fingerprint density at radius 3 is 2.86 bits per heavy atom. The van der Waals surface area contributed by atoms with Crippen LogP contribution in [0.1, 0.15) is 22.7 Å². The number of halogens is 1. The van der Waals surface area contributed by atoms with Crippen LogP contribution in [-0.4, -0.2) is 37.3 Å². The monoisotopic (exact) mass is 386 g/mol. The van der Waals surface area contributed by atoms with Gasteiger partial charge in [0, 0.05) is 13.1 Å². The molecule has 2 aromatic carbocycles. The van der Waals surface area contributed by atoms with Crippen molar-refractivity contribution in [3.8, 4) is 11.5 Å². The molecule has 2 heterocycles. The van der Waals surface area contributed by atoms with Gasteiger partial charge < -0.3 is 19.5 Å². The number of methoxy groups -OCH3 is 1. The lowest BCUT2D eigenvalue weighted by atomic mass is 9.92. The summed E-state index contributed by atoms with van der Waals surface area (Å²) < 4.78 is 29.3. The second-order valence-corrected chi connectivity index (χ2v) is 6.56. The van der Waals surface area contributed by atoms with Gasteiger partial charge in [-0.05, 0) is 47.4 Å². The molecular weight excluding hydrogens is 367 g/mol. The van der Waals surface area contributed by atoms with Crippen LogP contribution in [0, 0.1) is 5.82 Å². The lowest BCUT2D eigenvalue weighted by Crippen LogP contribution is -2.47. The van der Waals surface area contributed by atoms with E-state index in [-0.39, 0.29) is 13.3 Å². The van der Waals surface area contributed by atoms with E-state index in [1.54, 1.807) is 18.2 Å². The van der Waals surface area contributed by atoms with Crippen molar-refractivity contribution < 1.29 is 28.2 Å². The number of benzene rings is 2. The van der Waals surface area contributed by atoms with Gasteiger partial charge in [-0.2, -0.15) is 0 Å². The zero-order chi connectivity index (χ0) is 19.7. The van der Waals surface area contributed by atoms with Crippen molar-refractivity contribution in [1.82, 2.24) is 10.2 Å². The largest absolute Gasteiger partial charge is 0.454 e. The van der Waals surface area contributed by atoms with Gasteiger partial charge in [0.15, 0.2) is 11.5 Å². The maximum atomic E-state index is 13.8. The first-order valence-corrected chi connectivity index (χ1v) is 8.86. The van der Waals surface area contributed by atoms with Crippen LogP contribution in [0.4, 0.5) is 9.18 Å². The summed E-state index contributed by atoms with van der Waals surface area (Å²) in [5.41, 5.74) is 2.13. The maximum absolute atomic E-state index is 13.8. The minimum Gasteiger partial charge on any atom is -0.454 e. The first-order valence-electron chi connectivity index (χ1n) is 8.86. The molecule has 7 nitrogen and oxygen atoms in total. The van der Waals surface area contributed by atoms with Crippen molar-refractivity contribution in [2.75, 3.05) is 20.4 Å². The van der Waals surface area contributed by atoms with E-state index in [4.69, 9.17) is 14.2 Å². The molecule has 1 atom stereocenters. The predicted octanol–water partition coefficient (Wildman–Crippen LogP) is 2.54. The van der Waals surface area contributed by atoms with Crippen LogP contribution in [0.25, 0.3) is 0 Å². The van der Waals surface area contributed by atoms with Gasteiger partial charge in [0.05, 0.1) is 7.11 Å². The van der Waals surface area contributed by atoms with Gasteiger partial charge in [-0.25, -0.2) is 9.18 Å². The Morgan fingerprint density at radius 2 is 2.04 bits per heavy atom. The van der Waals surface area contributed by atoms with Crippen LogP contribution in [0.5, 0.6) is 11.5 Å². The maximum Gasteiger partial charge on any atom is 0.410 e. The highest BCUT2D eigenvalue weighted by atomic mass is 19.1. The summed E-state index contributed by atoms with van der Waals surface area (Å²) in [4.78, 5) is 26.5. The van der Waals surface area contributed by atoms with E-state index in [0.29, 0.717) is 30.0 Å². The van der Waals surface area contributed by atoms with Crippen molar-refractivity contribution in [2.45, 2.75) is 19.0 Å². The molecule has 0 aromatic heterocycles. The third-order valence-corrected chi connectivity index (χ3v) is 4.90. The summed E-state index contributed by atoms with van der Waals surface area (Å²) in [6, 6.07) is 8.73. The van der Waals surface area contributed by atoms with Crippen LogP contribution in [0.3, 0.4) is 0 Å². The van der Waals surface area contributed by atoms with Gasteiger partial charge in [0.25, 0.3) is 0 Å². The number of ether oxygens (including phenoxy) is 3. The highest BCUT2D eigenvalue weighted by Crippen LogP contribution is 2.33. The molecule has 28 heavy (non-hydrogen) atoms. The topological polar surface area (TPSA) is 77.1 Å². The van der Waals surface area contributed by atoms with Gasteiger partial charge in [-0.3, -0.25) is 9.69 Å². The van der Waals surface area contributed by atoms with E-state index in [9.17, 15) is 14.0 Å². The molecule has 4 rings (SSSR count).